The van der Waals surface area contributed by atoms with Crippen LogP contribution in [0.4, 0.5) is 14.5 Å². The minimum atomic E-state index is -0.849. The standard InChI is InChI=1S/C15H18F2N2O2/c1-4-11-15(21)19(13(8(2)3)14(20)18-11)12-6-5-9(16)7-10(12)17/h5-8,11,13H,4H2,1-3H3,(H,18,20). The van der Waals surface area contributed by atoms with E-state index in [1.165, 1.54) is 6.07 Å². The van der Waals surface area contributed by atoms with E-state index < -0.39 is 23.7 Å². The summed E-state index contributed by atoms with van der Waals surface area (Å²) in [5, 5.41) is 2.65. The molecule has 2 unspecified atom stereocenters. The van der Waals surface area contributed by atoms with Crippen molar-refractivity contribution in [1.29, 1.82) is 0 Å². The van der Waals surface area contributed by atoms with Gasteiger partial charge in [-0.1, -0.05) is 20.8 Å². The van der Waals surface area contributed by atoms with Gasteiger partial charge in [0.2, 0.25) is 11.8 Å². The number of carbonyl (C=O) groups is 2. The summed E-state index contributed by atoms with van der Waals surface area (Å²) in [6.45, 7) is 5.31. The molecule has 2 atom stereocenters. The van der Waals surface area contributed by atoms with Crippen LogP contribution in [-0.4, -0.2) is 23.9 Å². The Labute approximate surface area is 122 Å². The molecule has 2 rings (SSSR count). The molecule has 0 saturated carbocycles. The largest absolute Gasteiger partial charge is 0.342 e. The fraction of sp³-hybridized carbons (Fsp3) is 0.467. The van der Waals surface area contributed by atoms with Crippen LogP contribution in [-0.2, 0) is 9.59 Å². The van der Waals surface area contributed by atoms with Crippen molar-refractivity contribution in [1.82, 2.24) is 5.32 Å². The highest BCUT2D eigenvalue weighted by atomic mass is 19.1. The van der Waals surface area contributed by atoms with Gasteiger partial charge in [-0.2, -0.15) is 0 Å². The lowest BCUT2D eigenvalue weighted by Gasteiger charge is -2.40. The van der Waals surface area contributed by atoms with Crippen LogP contribution in [0.5, 0.6) is 0 Å². The molecule has 1 aliphatic heterocycles. The first-order valence-electron chi connectivity index (χ1n) is 6.95. The molecule has 1 N–H and O–H groups in total. The average molecular weight is 296 g/mol. The lowest BCUT2D eigenvalue weighted by Crippen LogP contribution is -2.65. The Bertz CT molecular complexity index is 575. The summed E-state index contributed by atoms with van der Waals surface area (Å²) >= 11 is 0. The first-order chi connectivity index (χ1) is 9.86. The van der Waals surface area contributed by atoms with Gasteiger partial charge in [-0.3, -0.25) is 14.5 Å². The highest BCUT2D eigenvalue weighted by Gasteiger charge is 2.42. The third-order valence-corrected chi connectivity index (χ3v) is 3.61. The van der Waals surface area contributed by atoms with Crippen molar-refractivity contribution in [2.45, 2.75) is 39.3 Å². The van der Waals surface area contributed by atoms with E-state index in [-0.39, 0.29) is 23.4 Å². The lowest BCUT2D eigenvalue weighted by atomic mass is 9.95. The topological polar surface area (TPSA) is 49.4 Å². The molecule has 0 radical (unpaired) electrons. The lowest BCUT2D eigenvalue weighted by molar-refractivity contribution is -0.134. The minimum absolute atomic E-state index is 0.0617. The summed E-state index contributed by atoms with van der Waals surface area (Å²) in [7, 11) is 0. The van der Waals surface area contributed by atoms with Crippen molar-refractivity contribution >= 4 is 17.5 Å². The van der Waals surface area contributed by atoms with Crippen molar-refractivity contribution in [2.75, 3.05) is 4.90 Å². The molecular formula is C15H18F2N2O2. The van der Waals surface area contributed by atoms with Crippen molar-refractivity contribution in [3.8, 4) is 0 Å². The second-order valence-corrected chi connectivity index (χ2v) is 5.46. The summed E-state index contributed by atoms with van der Waals surface area (Å²) in [6.07, 6.45) is 0.411. The zero-order valence-corrected chi connectivity index (χ0v) is 12.2. The predicted octanol–water partition coefficient (Wildman–Crippen LogP) is 2.23. The van der Waals surface area contributed by atoms with Gasteiger partial charge in [0.25, 0.3) is 0 Å². The number of amides is 2. The molecule has 0 spiro atoms. The summed E-state index contributed by atoms with van der Waals surface area (Å²) in [4.78, 5) is 25.9. The number of hydrogen-bond donors (Lipinski definition) is 1. The van der Waals surface area contributed by atoms with Crippen LogP contribution in [0.15, 0.2) is 18.2 Å². The Morgan fingerprint density at radius 3 is 2.48 bits per heavy atom. The zero-order valence-electron chi connectivity index (χ0n) is 12.2. The van der Waals surface area contributed by atoms with E-state index in [0.29, 0.717) is 12.5 Å². The molecule has 2 amide bonds. The SMILES string of the molecule is CCC1NC(=O)C(C(C)C)N(c2ccc(F)cc2F)C1=O. The molecule has 1 aliphatic rings. The maximum atomic E-state index is 14.0. The zero-order chi connectivity index (χ0) is 15.7. The van der Waals surface area contributed by atoms with Crippen LogP contribution in [0.2, 0.25) is 0 Å². The summed E-state index contributed by atoms with van der Waals surface area (Å²) in [5.74, 6) is -2.46. The van der Waals surface area contributed by atoms with Gasteiger partial charge in [-0.15, -0.1) is 0 Å². The molecule has 1 aromatic carbocycles. The Morgan fingerprint density at radius 2 is 1.95 bits per heavy atom. The number of halogens is 2. The smallest absolute Gasteiger partial charge is 0.250 e. The van der Waals surface area contributed by atoms with Crippen LogP contribution in [0.3, 0.4) is 0 Å². The number of benzene rings is 1. The van der Waals surface area contributed by atoms with E-state index >= 15 is 0 Å². The number of hydrogen-bond acceptors (Lipinski definition) is 2. The van der Waals surface area contributed by atoms with Gasteiger partial charge in [0.15, 0.2) is 0 Å². The normalized spacial score (nSPS) is 22.7. The quantitative estimate of drug-likeness (QED) is 0.930. The second kappa shape index (κ2) is 5.79. The van der Waals surface area contributed by atoms with Crippen LogP contribution >= 0.6 is 0 Å². The molecule has 1 fully saturated rings. The minimum Gasteiger partial charge on any atom is -0.342 e. The number of anilines is 1. The van der Waals surface area contributed by atoms with Gasteiger partial charge in [0.1, 0.15) is 23.7 Å². The molecular weight excluding hydrogens is 278 g/mol. The third kappa shape index (κ3) is 2.75. The van der Waals surface area contributed by atoms with Gasteiger partial charge in [0, 0.05) is 6.07 Å². The van der Waals surface area contributed by atoms with Crippen LogP contribution in [0.25, 0.3) is 0 Å². The molecule has 0 aromatic heterocycles. The third-order valence-electron chi connectivity index (χ3n) is 3.61. The molecule has 6 heteroatoms. The second-order valence-electron chi connectivity index (χ2n) is 5.46. The molecule has 1 saturated heterocycles. The van der Waals surface area contributed by atoms with Gasteiger partial charge in [-0.05, 0) is 24.5 Å². The monoisotopic (exact) mass is 296 g/mol. The van der Waals surface area contributed by atoms with E-state index in [4.69, 9.17) is 0 Å². The maximum Gasteiger partial charge on any atom is 0.250 e. The number of piperazine rings is 1. The van der Waals surface area contributed by atoms with Gasteiger partial charge < -0.3 is 5.32 Å². The highest BCUT2D eigenvalue weighted by Crippen LogP contribution is 2.28. The van der Waals surface area contributed by atoms with Gasteiger partial charge in [-0.25, -0.2) is 8.78 Å². The first-order valence-corrected chi connectivity index (χ1v) is 6.95. The molecule has 0 bridgehead atoms. The Kier molecular flexibility index (Phi) is 4.25. The number of carbonyl (C=O) groups excluding carboxylic acids is 2. The molecule has 1 aromatic rings. The number of rotatable bonds is 3. The summed E-state index contributed by atoms with van der Waals surface area (Å²) < 4.78 is 27.1. The molecule has 21 heavy (non-hydrogen) atoms. The fourth-order valence-corrected chi connectivity index (χ4v) is 2.56. The van der Waals surface area contributed by atoms with Crippen LogP contribution < -0.4 is 10.2 Å². The van der Waals surface area contributed by atoms with Crippen LogP contribution in [0.1, 0.15) is 27.2 Å². The van der Waals surface area contributed by atoms with E-state index in [0.717, 1.165) is 11.0 Å². The van der Waals surface area contributed by atoms with Crippen molar-refractivity contribution in [3.05, 3.63) is 29.8 Å². The van der Waals surface area contributed by atoms with E-state index in [9.17, 15) is 18.4 Å². The Morgan fingerprint density at radius 1 is 1.29 bits per heavy atom. The van der Waals surface area contributed by atoms with Crippen molar-refractivity contribution < 1.29 is 18.4 Å². The van der Waals surface area contributed by atoms with E-state index in [1.54, 1.807) is 20.8 Å². The van der Waals surface area contributed by atoms with Gasteiger partial charge in [0.05, 0.1) is 5.69 Å². The fourth-order valence-electron chi connectivity index (χ4n) is 2.56. The number of nitrogens with one attached hydrogen (secondary N) is 1. The van der Waals surface area contributed by atoms with Gasteiger partial charge >= 0.3 is 0 Å². The first kappa shape index (κ1) is 15.4. The van der Waals surface area contributed by atoms with Crippen molar-refractivity contribution in [3.63, 3.8) is 0 Å². The Balaban J connectivity index is 2.52. The van der Waals surface area contributed by atoms with E-state index in [2.05, 4.69) is 5.32 Å². The number of nitrogens with zero attached hydrogens (tertiary/aromatic N) is 1. The summed E-state index contributed by atoms with van der Waals surface area (Å²) in [6, 6.07) is 1.50. The highest BCUT2D eigenvalue weighted by molar-refractivity contribution is 6.08. The maximum absolute atomic E-state index is 14.0. The molecule has 114 valence electrons. The average Bonchev–Trinajstić information content (AvgIpc) is 2.40. The molecule has 0 aliphatic carbocycles. The Hall–Kier alpha value is -1.98. The van der Waals surface area contributed by atoms with Crippen molar-refractivity contribution in [2.24, 2.45) is 5.92 Å². The van der Waals surface area contributed by atoms with Crippen LogP contribution in [0, 0.1) is 17.6 Å². The predicted molar refractivity (Wildman–Crippen MR) is 74.7 cm³/mol. The van der Waals surface area contributed by atoms with E-state index in [1.807, 2.05) is 0 Å². The molecule has 4 nitrogen and oxygen atoms in total. The summed E-state index contributed by atoms with van der Waals surface area (Å²) in [5.41, 5.74) is -0.0617. The molecule has 1 heterocycles.